The highest BCUT2D eigenvalue weighted by molar-refractivity contribution is 5.27. The zero-order chi connectivity index (χ0) is 16.0. The van der Waals surface area contributed by atoms with E-state index in [0.29, 0.717) is 6.42 Å². The fraction of sp³-hybridized carbons (Fsp3) is 0.571. The van der Waals surface area contributed by atoms with E-state index < -0.39 is 11.2 Å². The molecule has 0 spiro atoms. The molecular formula is C14H22N2O5+2. The van der Waals surface area contributed by atoms with Crippen molar-refractivity contribution >= 4 is 0 Å². The molecule has 0 amide bonds. The van der Waals surface area contributed by atoms with Gasteiger partial charge in [0, 0.05) is 6.42 Å². The lowest BCUT2D eigenvalue weighted by molar-refractivity contribution is -0.983. The van der Waals surface area contributed by atoms with E-state index in [1.165, 1.54) is 12.6 Å². The summed E-state index contributed by atoms with van der Waals surface area (Å²) in [5, 5.41) is 8.00. The molecule has 1 unspecified atom stereocenters. The van der Waals surface area contributed by atoms with Crippen molar-refractivity contribution in [3.05, 3.63) is 45.2 Å². The Balaban J connectivity index is 2.73. The van der Waals surface area contributed by atoms with E-state index in [0.717, 1.165) is 5.56 Å². The first kappa shape index (κ1) is 16.9. The third-order valence-electron chi connectivity index (χ3n) is 2.96. The minimum atomic E-state index is -0.760. The Morgan fingerprint density at radius 1 is 1.19 bits per heavy atom. The summed E-state index contributed by atoms with van der Waals surface area (Å²) in [6.45, 7) is 6.22. The Hall–Kier alpha value is -2.18. The molecule has 1 N–H and O–H groups in total. The summed E-state index contributed by atoms with van der Waals surface area (Å²) in [6, 6.07) is 7.84. The molecule has 0 heterocycles. The molecule has 0 saturated carbocycles. The van der Waals surface area contributed by atoms with Crippen LogP contribution in [0.5, 0.6) is 0 Å². The molecule has 1 aromatic carbocycles. The lowest BCUT2D eigenvalue weighted by atomic mass is 9.86. The van der Waals surface area contributed by atoms with Gasteiger partial charge in [-0.1, -0.05) is 45.0 Å². The highest BCUT2D eigenvalue weighted by atomic mass is 17.0. The lowest BCUT2D eigenvalue weighted by Gasteiger charge is -2.19. The molecule has 0 aliphatic rings. The van der Waals surface area contributed by atoms with E-state index in [1.807, 2.05) is 24.3 Å². The molecule has 0 saturated heterocycles. The van der Waals surface area contributed by atoms with Crippen molar-refractivity contribution in [2.45, 2.75) is 38.7 Å². The third kappa shape index (κ3) is 6.20. The van der Waals surface area contributed by atoms with Crippen molar-refractivity contribution in [2.75, 3.05) is 13.7 Å². The van der Waals surface area contributed by atoms with Gasteiger partial charge >= 0.3 is 5.09 Å². The summed E-state index contributed by atoms with van der Waals surface area (Å²) >= 11 is 0. The summed E-state index contributed by atoms with van der Waals surface area (Å²) in [5.74, 6) is 0. The maximum absolute atomic E-state index is 10.7. The van der Waals surface area contributed by atoms with Gasteiger partial charge < -0.3 is 0 Å². The lowest BCUT2D eigenvalue weighted by Crippen LogP contribution is -2.27. The molecule has 0 aromatic heterocycles. The van der Waals surface area contributed by atoms with E-state index in [9.17, 15) is 9.81 Å². The average Bonchev–Trinajstić information content (AvgIpc) is 2.35. The molecule has 7 heteroatoms. The predicted octanol–water partition coefficient (Wildman–Crippen LogP) is 2.34. The fourth-order valence-electron chi connectivity index (χ4n) is 1.85. The molecule has 21 heavy (non-hydrogen) atoms. The molecule has 1 rings (SSSR count). The van der Waals surface area contributed by atoms with Crippen molar-refractivity contribution in [3.8, 4) is 0 Å². The molecule has 7 nitrogen and oxygen atoms in total. The summed E-state index contributed by atoms with van der Waals surface area (Å²) in [4.78, 5) is 30.9. The van der Waals surface area contributed by atoms with Gasteiger partial charge in [0.2, 0.25) is 24.7 Å². The van der Waals surface area contributed by atoms with E-state index in [-0.39, 0.29) is 16.9 Å². The van der Waals surface area contributed by atoms with Gasteiger partial charge in [-0.15, -0.1) is 0 Å². The second kappa shape index (κ2) is 7.01. The number of rotatable bonds is 7. The molecule has 1 atom stereocenters. The summed E-state index contributed by atoms with van der Waals surface area (Å²) < 4.78 is 0. The van der Waals surface area contributed by atoms with Crippen molar-refractivity contribution in [1.29, 1.82) is 0 Å². The Bertz CT molecular complexity index is 493. The van der Waals surface area contributed by atoms with E-state index in [2.05, 4.69) is 25.6 Å². The Morgan fingerprint density at radius 3 is 2.19 bits per heavy atom. The molecule has 1 aromatic rings. The summed E-state index contributed by atoms with van der Waals surface area (Å²) in [6.07, 6.45) is -0.429. The minimum absolute atomic E-state index is 0.0553. The zero-order valence-electron chi connectivity index (χ0n) is 12.8. The van der Waals surface area contributed by atoms with Crippen LogP contribution in [0.15, 0.2) is 24.3 Å². The van der Waals surface area contributed by atoms with Crippen LogP contribution in [-0.2, 0) is 21.5 Å². The Labute approximate surface area is 123 Å². The smallest absolute Gasteiger partial charge is 0.228 e. The molecule has 0 aliphatic carbocycles. The number of hydrogen-bond donors (Lipinski definition) is 1. The van der Waals surface area contributed by atoms with Crippen LogP contribution in [0.1, 0.15) is 31.9 Å². The maximum atomic E-state index is 10.7. The first-order valence-electron chi connectivity index (χ1n) is 6.64. The molecule has 116 valence electrons. The van der Waals surface area contributed by atoms with Gasteiger partial charge in [-0.25, -0.2) is 10.0 Å². The highest BCUT2D eigenvalue weighted by Gasteiger charge is 2.24. The van der Waals surface area contributed by atoms with Crippen LogP contribution in [0.3, 0.4) is 0 Å². The minimum Gasteiger partial charge on any atom is -0.228 e. The largest absolute Gasteiger partial charge is 0.475 e. The summed E-state index contributed by atoms with van der Waals surface area (Å²) in [5.41, 5.74) is 2.15. The van der Waals surface area contributed by atoms with Crippen molar-refractivity contribution in [3.63, 3.8) is 0 Å². The molecule has 0 fully saturated rings. The SMILES string of the molecule is C[N+](=O)OCC(Cc1ccc(C(C)(C)C)cc1)O[N+](=O)O. The van der Waals surface area contributed by atoms with E-state index in [4.69, 9.17) is 10.0 Å². The van der Waals surface area contributed by atoms with Gasteiger partial charge in [-0.05, 0) is 16.5 Å². The van der Waals surface area contributed by atoms with Crippen LogP contribution in [0.2, 0.25) is 0 Å². The third-order valence-corrected chi connectivity index (χ3v) is 2.96. The van der Waals surface area contributed by atoms with Crippen LogP contribution in [0.25, 0.3) is 0 Å². The maximum Gasteiger partial charge on any atom is 0.475 e. The summed E-state index contributed by atoms with van der Waals surface area (Å²) in [7, 11) is 1.18. The van der Waals surface area contributed by atoms with Gasteiger partial charge in [0.05, 0.1) is 4.91 Å². The van der Waals surface area contributed by atoms with Crippen LogP contribution in [0, 0.1) is 9.81 Å². The second-order valence-electron chi connectivity index (χ2n) is 5.85. The number of nitrogens with zero attached hydrogens (tertiary/aromatic N) is 2. The quantitative estimate of drug-likeness (QED) is 0.782. The number of benzene rings is 1. The van der Waals surface area contributed by atoms with Crippen LogP contribution in [0.4, 0.5) is 0 Å². The molecular weight excluding hydrogens is 276 g/mol. The Kier molecular flexibility index (Phi) is 5.63. The van der Waals surface area contributed by atoms with Crippen LogP contribution < -0.4 is 0 Å². The number of hydrogen-bond acceptors (Lipinski definition) is 4. The first-order chi connectivity index (χ1) is 9.68. The van der Waals surface area contributed by atoms with Gasteiger partial charge in [0.25, 0.3) is 0 Å². The van der Waals surface area contributed by atoms with E-state index in [1.54, 1.807) is 0 Å². The van der Waals surface area contributed by atoms with Gasteiger partial charge in [0.15, 0.2) is 0 Å². The first-order valence-corrected chi connectivity index (χ1v) is 6.64. The van der Waals surface area contributed by atoms with Gasteiger partial charge in [-0.2, -0.15) is 4.84 Å². The molecule has 0 bridgehead atoms. The normalized spacial score (nSPS) is 12.6. The van der Waals surface area contributed by atoms with Crippen LogP contribution >= 0.6 is 0 Å². The second-order valence-corrected chi connectivity index (χ2v) is 5.85. The van der Waals surface area contributed by atoms with Crippen molar-refractivity contribution in [1.82, 2.24) is 0 Å². The predicted molar refractivity (Wildman–Crippen MR) is 74.6 cm³/mol. The average molecular weight is 298 g/mol. The van der Waals surface area contributed by atoms with Gasteiger partial charge in [-0.3, -0.25) is 0 Å². The topological polar surface area (TPSA) is 78.8 Å². The molecule has 0 aliphatic heterocycles. The van der Waals surface area contributed by atoms with Gasteiger partial charge in [0.1, 0.15) is 4.91 Å². The van der Waals surface area contributed by atoms with Crippen LogP contribution in [-0.4, -0.2) is 35.0 Å². The highest BCUT2D eigenvalue weighted by Crippen LogP contribution is 2.22. The van der Waals surface area contributed by atoms with E-state index >= 15 is 0 Å². The standard InChI is InChI=1S/C14H22N2O5/c1-14(2,3)12-7-5-11(6-8-12)9-13(21-16(18)19)10-20-15(4)17/h5-8,13H,9-10H2,1-4H3,(H,18,19)/q+2. The molecule has 0 radical (unpaired) electrons. The monoisotopic (exact) mass is 298 g/mol. The van der Waals surface area contributed by atoms with Crippen molar-refractivity contribution in [2.24, 2.45) is 0 Å². The zero-order valence-corrected chi connectivity index (χ0v) is 12.8. The Morgan fingerprint density at radius 2 is 1.76 bits per heavy atom. The fourth-order valence-corrected chi connectivity index (χ4v) is 1.85. The van der Waals surface area contributed by atoms with Crippen molar-refractivity contribution < 1.29 is 24.9 Å².